The van der Waals surface area contributed by atoms with Crippen LogP contribution in [-0.2, 0) is 13.5 Å². The minimum absolute atomic E-state index is 0.0319. The lowest BCUT2D eigenvalue weighted by Gasteiger charge is -2.03. The molecule has 0 aliphatic heterocycles. The predicted octanol–water partition coefficient (Wildman–Crippen LogP) is 0.753. The molecule has 3 rings (SSSR count). The van der Waals surface area contributed by atoms with Gasteiger partial charge in [-0.1, -0.05) is 0 Å². The summed E-state index contributed by atoms with van der Waals surface area (Å²) in [6, 6.07) is 1.57. The zero-order chi connectivity index (χ0) is 15.3. The van der Waals surface area contributed by atoms with Gasteiger partial charge in [0.05, 0.1) is 5.52 Å². The van der Waals surface area contributed by atoms with E-state index in [1.807, 2.05) is 18.5 Å². The van der Waals surface area contributed by atoms with Gasteiger partial charge in [-0.3, -0.25) is 0 Å². The van der Waals surface area contributed by atoms with Gasteiger partial charge in [-0.05, 0) is 25.5 Å². The first-order valence-corrected chi connectivity index (χ1v) is 6.43. The van der Waals surface area contributed by atoms with Crippen molar-refractivity contribution >= 4 is 22.1 Å². The molecular formula is C14H14N2O5. The van der Waals surface area contributed by atoms with E-state index in [4.69, 9.17) is 14.6 Å². The van der Waals surface area contributed by atoms with E-state index in [-0.39, 0.29) is 16.9 Å². The third-order valence-corrected chi connectivity index (χ3v) is 3.76. The Bertz CT molecular complexity index is 977. The maximum atomic E-state index is 11.3. The Hall–Kier alpha value is -2.54. The van der Waals surface area contributed by atoms with Crippen molar-refractivity contribution in [3.8, 4) is 5.75 Å². The first-order valence-electron chi connectivity index (χ1n) is 6.43. The molecule has 2 aromatic heterocycles. The van der Waals surface area contributed by atoms with Crippen LogP contribution < -0.4 is 17.0 Å². The predicted molar refractivity (Wildman–Crippen MR) is 76.7 cm³/mol. The normalized spacial score (nSPS) is 11.6. The summed E-state index contributed by atoms with van der Waals surface area (Å²) in [6.07, 6.45) is 0.573. The number of aromatic nitrogens is 1. The zero-order valence-corrected chi connectivity index (χ0v) is 11.6. The van der Waals surface area contributed by atoms with Gasteiger partial charge in [-0.2, -0.15) is 0 Å². The second-order valence-electron chi connectivity index (χ2n) is 4.89. The Labute approximate surface area is 118 Å². The molecule has 0 saturated heterocycles. The molecule has 2 heterocycles. The van der Waals surface area contributed by atoms with Crippen LogP contribution in [0.1, 0.15) is 11.3 Å². The Morgan fingerprint density at radius 1 is 1.29 bits per heavy atom. The topological polar surface area (TPSA) is 112 Å². The number of rotatable bonds is 2. The summed E-state index contributed by atoms with van der Waals surface area (Å²) >= 11 is 0. The van der Waals surface area contributed by atoms with Crippen LogP contribution in [0.25, 0.3) is 22.1 Å². The lowest BCUT2D eigenvalue weighted by molar-refractivity contribution is 0.423. The molecule has 0 amide bonds. The summed E-state index contributed by atoms with van der Waals surface area (Å²) in [6.45, 7) is 2.33. The highest BCUT2D eigenvalue weighted by Crippen LogP contribution is 2.37. The Morgan fingerprint density at radius 3 is 2.62 bits per heavy atom. The number of hydrogen-bond donors (Lipinski definition) is 2. The van der Waals surface area contributed by atoms with E-state index in [0.717, 1.165) is 11.3 Å². The molecule has 0 saturated carbocycles. The van der Waals surface area contributed by atoms with Crippen LogP contribution in [0, 0.1) is 6.92 Å². The summed E-state index contributed by atoms with van der Waals surface area (Å²) in [7, 11) is 1.83. The molecule has 21 heavy (non-hydrogen) atoms. The lowest BCUT2D eigenvalue weighted by atomic mass is 10.1. The van der Waals surface area contributed by atoms with Crippen molar-refractivity contribution < 1.29 is 13.9 Å². The molecule has 1 aromatic carbocycles. The molecule has 0 radical (unpaired) electrons. The number of nitrogens with two attached hydrogens (primary N) is 1. The monoisotopic (exact) mass is 290 g/mol. The average molecular weight is 290 g/mol. The van der Waals surface area contributed by atoms with E-state index < -0.39 is 11.3 Å². The van der Waals surface area contributed by atoms with Gasteiger partial charge in [-0.25, -0.2) is 9.59 Å². The SMILES string of the molecule is Cc1c(CCN)c2c(O)c3oc(=O)c(=O)oc3cc2n1C. The number of phenolic OH excluding ortho intramolecular Hbond substituents is 1. The van der Waals surface area contributed by atoms with Gasteiger partial charge in [0.25, 0.3) is 0 Å². The van der Waals surface area contributed by atoms with E-state index >= 15 is 0 Å². The Balaban J connectivity index is 2.57. The minimum Gasteiger partial charge on any atom is -0.504 e. The Morgan fingerprint density at radius 2 is 1.95 bits per heavy atom. The highest BCUT2D eigenvalue weighted by atomic mass is 16.5. The highest BCUT2D eigenvalue weighted by Gasteiger charge is 2.20. The third kappa shape index (κ3) is 1.78. The molecular weight excluding hydrogens is 276 g/mol. The van der Waals surface area contributed by atoms with Gasteiger partial charge in [0.2, 0.25) is 5.58 Å². The fourth-order valence-electron chi connectivity index (χ4n) is 2.64. The summed E-state index contributed by atoms with van der Waals surface area (Å²) < 4.78 is 11.6. The first kappa shape index (κ1) is 13.4. The molecule has 0 aliphatic carbocycles. The quantitative estimate of drug-likeness (QED) is 0.674. The van der Waals surface area contributed by atoms with Gasteiger partial charge in [0.1, 0.15) is 0 Å². The average Bonchev–Trinajstić information content (AvgIpc) is 2.67. The van der Waals surface area contributed by atoms with Crippen LogP contribution >= 0.6 is 0 Å². The number of benzene rings is 1. The van der Waals surface area contributed by atoms with Crippen molar-refractivity contribution in [2.24, 2.45) is 12.8 Å². The number of nitrogens with zero attached hydrogens (tertiary/aromatic N) is 1. The second kappa shape index (κ2) is 4.49. The third-order valence-electron chi connectivity index (χ3n) is 3.76. The van der Waals surface area contributed by atoms with Gasteiger partial charge in [0.15, 0.2) is 11.3 Å². The standard InChI is InChI=1S/C14H14N2O5/c1-6-7(3-4-15)10-8(16(6)2)5-9-12(11(10)17)21-14(19)13(18)20-9/h5,17H,3-4,15H2,1-2H3. The second-order valence-corrected chi connectivity index (χ2v) is 4.89. The molecule has 3 aromatic rings. The van der Waals surface area contributed by atoms with Crippen LogP contribution in [-0.4, -0.2) is 16.2 Å². The van der Waals surface area contributed by atoms with Crippen LogP contribution in [0.2, 0.25) is 0 Å². The van der Waals surface area contributed by atoms with Crippen molar-refractivity contribution in [2.75, 3.05) is 6.54 Å². The number of fused-ring (bicyclic) bond motifs is 2. The summed E-state index contributed by atoms with van der Waals surface area (Å²) in [5.41, 5.74) is 5.76. The molecule has 0 unspecified atom stereocenters. The highest BCUT2D eigenvalue weighted by molar-refractivity contribution is 6.02. The van der Waals surface area contributed by atoms with E-state index in [0.29, 0.717) is 23.9 Å². The summed E-state index contributed by atoms with van der Waals surface area (Å²) in [5, 5.41) is 11.0. The van der Waals surface area contributed by atoms with E-state index in [1.165, 1.54) is 0 Å². The molecule has 3 N–H and O–H groups in total. The maximum Gasteiger partial charge on any atom is 0.423 e. The molecule has 0 spiro atoms. The molecule has 0 atom stereocenters. The van der Waals surface area contributed by atoms with Crippen molar-refractivity contribution in [1.82, 2.24) is 4.57 Å². The fraction of sp³-hybridized carbons (Fsp3) is 0.286. The molecule has 0 bridgehead atoms. The van der Waals surface area contributed by atoms with Gasteiger partial charge >= 0.3 is 11.3 Å². The van der Waals surface area contributed by atoms with Crippen LogP contribution in [0.15, 0.2) is 24.5 Å². The fourth-order valence-corrected chi connectivity index (χ4v) is 2.64. The largest absolute Gasteiger partial charge is 0.504 e. The molecule has 0 aliphatic rings. The zero-order valence-electron chi connectivity index (χ0n) is 11.6. The summed E-state index contributed by atoms with van der Waals surface area (Å²) in [4.78, 5) is 22.6. The van der Waals surface area contributed by atoms with Crippen LogP contribution in [0.5, 0.6) is 5.75 Å². The maximum absolute atomic E-state index is 11.3. The van der Waals surface area contributed by atoms with Crippen molar-refractivity contribution in [3.05, 3.63) is 38.2 Å². The van der Waals surface area contributed by atoms with Crippen molar-refractivity contribution in [1.29, 1.82) is 0 Å². The van der Waals surface area contributed by atoms with E-state index in [9.17, 15) is 14.7 Å². The van der Waals surface area contributed by atoms with E-state index in [1.54, 1.807) is 6.07 Å². The number of phenols is 1. The number of aryl methyl sites for hydroxylation is 1. The minimum atomic E-state index is -1.15. The number of hydrogen-bond acceptors (Lipinski definition) is 6. The smallest absolute Gasteiger partial charge is 0.423 e. The van der Waals surface area contributed by atoms with Crippen molar-refractivity contribution in [2.45, 2.75) is 13.3 Å². The Kier molecular flexibility index (Phi) is 2.87. The first-order chi connectivity index (χ1) is 9.95. The van der Waals surface area contributed by atoms with E-state index in [2.05, 4.69) is 0 Å². The molecule has 7 heteroatoms. The molecule has 0 fully saturated rings. The van der Waals surface area contributed by atoms with Crippen LogP contribution in [0.4, 0.5) is 0 Å². The van der Waals surface area contributed by atoms with Gasteiger partial charge < -0.3 is 24.2 Å². The molecule has 110 valence electrons. The van der Waals surface area contributed by atoms with Gasteiger partial charge in [-0.15, -0.1) is 0 Å². The van der Waals surface area contributed by atoms with Gasteiger partial charge in [0, 0.05) is 24.2 Å². The lowest BCUT2D eigenvalue weighted by Crippen LogP contribution is -2.20. The summed E-state index contributed by atoms with van der Waals surface area (Å²) in [5.74, 6) is -0.212. The molecule has 7 nitrogen and oxygen atoms in total. The van der Waals surface area contributed by atoms with Crippen molar-refractivity contribution in [3.63, 3.8) is 0 Å². The number of aromatic hydroxyl groups is 1. The van der Waals surface area contributed by atoms with Crippen LogP contribution in [0.3, 0.4) is 0 Å².